The van der Waals surface area contributed by atoms with Crippen molar-refractivity contribution in [2.24, 2.45) is 4.99 Å². The van der Waals surface area contributed by atoms with Gasteiger partial charge in [0.1, 0.15) is 5.75 Å². The van der Waals surface area contributed by atoms with Gasteiger partial charge in [-0.2, -0.15) is 0 Å². The maximum Gasteiger partial charge on any atom is 0.344 e. The molecule has 0 aromatic heterocycles. The molecule has 23 heavy (non-hydrogen) atoms. The lowest BCUT2D eigenvalue weighted by molar-refractivity contribution is 0.0711. The molecule has 0 amide bonds. The Labute approximate surface area is 136 Å². The highest BCUT2D eigenvalue weighted by atomic mass is 16.5. The minimum atomic E-state index is -0.404. The van der Waals surface area contributed by atoms with Gasteiger partial charge in [0.25, 0.3) is 0 Å². The molecule has 0 aliphatic heterocycles. The van der Waals surface area contributed by atoms with E-state index in [1.165, 1.54) is 0 Å². The first-order valence-electron chi connectivity index (χ1n) is 7.71. The molecule has 0 fully saturated rings. The number of hydrogen-bond donors (Lipinski definition) is 0. The van der Waals surface area contributed by atoms with E-state index < -0.39 is 5.97 Å². The van der Waals surface area contributed by atoms with Crippen LogP contribution in [-0.2, 0) is 4.74 Å². The molecule has 0 atom stereocenters. The molecule has 0 saturated heterocycles. The zero-order chi connectivity index (χ0) is 16.5. The van der Waals surface area contributed by atoms with Gasteiger partial charge in [-0.05, 0) is 42.8 Å². The van der Waals surface area contributed by atoms with E-state index in [-0.39, 0.29) is 0 Å². The van der Waals surface area contributed by atoms with E-state index in [0.717, 1.165) is 18.5 Å². The van der Waals surface area contributed by atoms with Gasteiger partial charge in [0.05, 0.1) is 18.4 Å². The van der Waals surface area contributed by atoms with Crippen LogP contribution < -0.4 is 4.74 Å². The van der Waals surface area contributed by atoms with Crippen LogP contribution in [-0.4, -0.2) is 19.0 Å². The number of unbranched alkanes of at least 4 members (excludes halogenated alkanes) is 1. The topological polar surface area (TPSA) is 47.9 Å². The van der Waals surface area contributed by atoms with Crippen molar-refractivity contribution in [3.05, 3.63) is 60.2 Å². The van der Waals surface area contributed by atoms with Crippen LogP contribution in [0.25, 0.3) is 0 Å². The van der Waals surface area contributed by atoms with Gasteiger partial charge in [-0.25, -0.2) is 9.79 Å². The Morgan fingerprint density at radius 1 is 1.04 bits per heavy atom. The highest BCUT2D eigenvalue weighted by Crippen LogP contribution is 2.15. The Balaban J connectivity index is 2.12. The summed E-state index contributed by atoms with van der Waals surface area (Å²) in [5.74, 6) is 0.739. The highest BCUT2D eigenvalue weighted by molar-refractivity contribution is 5.99. The van der Waals surface area contributed by atoms with Crippen molar-refractivity contribution in [3.63, 3.8) is 0 Å². The third-order valence-corrected chi connectivity index (χ3v) is 3.29. The molecule has 2 aromatic carbocycles. The minimum Gasteiger partial charge on any atom is -0.497 e. The fourth-order valence-electron chi connectivity index (χ4n) is 2.00. The molecule has 120 valence electrons. The number of methoxy groups -OCH3 is 1. The quantitative estimate of drug-likeness (QED) is 0.438. The smallest absolute Gasteiger partial charge is 0.344 e. The molecular weight excluding hydrogens is 290 g/mol. The standard InChI is InChI=1S/C19H21NO3/c1-3-4-10-18(20-16-8-6-5-7-9-16)23-19(21)15-11-13-17(22-2)14-12-15/h5-9,11-14H,3-4,10H2,1-2H3. The summed E-state index contributed by atoms with van der Waals surface area (Å²) < 4.78 is 10.6. The zero-order valence-corrected chi connectivity index (χ0v) is 13.5. The summed E-state index contributed by atoms with van der Waals surface area (Å²) in [6, 6.07) is 16.3. The number of carbonyl (C=O) groups is 1. The van der Waals surface area contributed by atoms with E-state index in [0.29, 0.717) is 23.6 Å². The highest BCUT2D eigenvalue weighted by Gasteiger charge is 2.12. The van der Waals surface area contributed by atoms with Crippen LogP contribution in [0.15, 0.2) is 59.6 Å². The van der Waals surface area contributed by atoms with Crippen LogP contribution >= 0.6 is 0 Å². The Bertz CT molecular complexity index is 648. The summed E-state index contributed by atoms with van der Waals surface area (Å²) in [5.41, 5.74) is 1.25. The zero-order valence-electron chi connectivity index (χ0n) is 13.5. The van der Waals surface area contributed by atoms with Gasteiger partial charge in [-0.15, -0.1) is 0 Å². The lowest BCUT2D eigenvalue weighted by atomic mass is 10.2. The number of nitrogens with zero attached hydrogens (tertiary/aromatic N) is 1. The van der Waals surface area contributed by atoms with E-state index in [1.807, 2.05) is 30.3 Å². The molecular formula is C19H21NO3. The van der Waals surface area contributed by atoms with Crippen molar-refractivity contribution in [3.8, 4) is 5.75 Å². The Morgan fingerprint density at radius 2 is 1.74 bits per heavy atom. The van der Waals surface area contributed by atoms with Crippen molar-refractivity contribution >= 4 is 17.6 Å². The second-order valence-electron chi connectivity index (χ2n) is 5.06. The fraction of sp³-hybridized carbons (Fsp3) is 0.263. The van der Waals surface area contributed by atoms with Gasteiger partial charge in [-0.3, -0.25) is 0 Å². The molecule has 0 N–H and O–H groups in total. The van der Waals surface area contributed by atoms with Crippen LogP contribution in [0.5, 0.6) is 5.75 Å². The SMILES string of the molecule is CCCCC(=Nc1ccccc1)OC(=O)c1ccc(OC)cc1. The van der Waals surface area contributed by atoms with Gasteiger partial charge < -0.3 is 9.47 Å². The second kappa shape index (κ2) is 8.73. The summed E-state index contributed by atoms with van der Waals surface area (Å²) in [5, 5.41) is 0. The van der Waals surface area contributed by atoms with Crippen LogP contribution in [0, 0.1) is 0 Å². The number of carbonyl (C=O) groups excluding carboxylic acids is 1. The largest absolute Gasteiger partial charge is 0.497 e. The summed E-state index contributed by atoms with van der Waals surface area (Å²) >= 11 is 0. The van der Waals surface area contributed by atoms with E-state index in [1.54, 1.807) is 31.4 Å². The molecule has 0 aliphatic rings. The lowest BCUT2D eigenvalue weighted by Gasteiger charge is -2.08. The van der Waals surface area contributed by atoms with Crippen LogP contribution in [0.1, 0.15) is 36.5 Å². The average Bonchev–Trinajstić information content (AvgIpc) is 2.60. The molecule has 4 nitrogen and oxygen atoms in total. The molecule has 2 aromatic rings. The van der Waals surface area contributed by atoms with Gasteiger partial charge in [0.15, 0.2) is 5.90 Å². The van der Waals surface area contributed by atoms with Crippen LogP contribution in [0.3, 0.4) is 0 Å². The normalized spacial score (nSPS) is 11.1. The molecule has 0 aliphatic carbocycles. The van der Waals surface area contributed by atoms with Crippen LogP contribution in [0.4, 0.5) is 5.69 Å². The predicted octanol–water partition coefficient (Wildman–Crippen LogP) is 4.77. The number of ether oxygens (including phenoxy) is 2. The molecule has 2 rings (SSSR count). The molecule has 0 unspecified atom stereocenters. The molecule has 0 saturated carbocycles. The van der Waals surface area contributed by atoms with Gasteiger partial charge >= 0.3 is 5.97 Å². The van der Waals surface area contributed by atoms with Crippen molar-refractivity contribution in [1.82, 2.24) is 0 Å². The maximum atomic E-state index is 12.3. The summed E-state index contributed by atoms with van der Waals surface area (Å²) in [4.78, 5) is 16.7. The lowest BCUT2D eigenvalue weighted by Crippen LogP contribution is -2.12. The van der Waals surface area contributed by atoms with E-state index in [4.69, 9.17) is 9.47 Å². The molecule has 0 radical (unpaired) electrons. The number of benzene rings is 2. The van der Waals surface area contributed by atoms with Crippen molar-refractivity contribution in [2.45, 2.75) is 26.2 Å². The van der Waals surface area contributed by atoms with Crippen molar-refractivity contribution < 1.29 is 14.3 Å². The first kappa shape index (κ1) is 16.7. The number of para-hydroxylation sites is 1. The first-order chi connectivity index (χ1) is 11.2. The molecule has 0 bridgehead atoms. The monoisotopic (exact) mass is 311 g/mol. The van der Waals surface area contributed by atoms with Crippen molar-refractivity contribution in [1.29, 1.82) is 0 Å². The molecule has 0 heterocycles. The Morgan fingerprint density at radius 3 is 2.35 bits per heavy atom. The van der Waals surface area contributed by atoms with Crippen molar-refractivity contribution in [2.75, 3.05) is 7.11 Å². The van der Waals surface area contributed by atoms with Gasteiger partial charge in [0, 0.05) is 6.42 Å². The number of esters is 1. The average molecular weight is 311 g/mol. The van der Waals surface area contributed by atoms with E-state index >= 15 is 0 Å². The van der Waals surface area contributed by atoms with E-state index in [2.05, 4.69) is 11.9 Å². The minimum absolute atomic E-state index is 0.404. The summed E-state index contributed by atoms with van der Waals surface area (Å²) in [7, 11) is 1.59. The predicted molar refractivity (Wildman–Crippen MR) is 91.5 cm³/mol. The maximum absolute atomic E-state index is 12.3. The number of hydrogen-bond acceptors (Lipinski definition) is 4. The Hall–Kier alpha value is -2.62. The first-order valence-corrected chi connectivity index (χ1v) is 7.71. The van der Waals surface area contributed by atoms with Gasteiger partial charge in [0.2, 0.25) is 0 Å². The van der Waals surface area contributed by atoms with Gasteiger partial charge in [-0.1, -0.05) is 31.5 Å². The third kappa shape index (κ3) is 5.25. The molecule has 4 heteroatoms. The number of aliphatic imine (C=N–C) groups is 1. The second-order valence-corrected chi connectivity index (χ2v) is 5.06. The summed E-state index contributed by atoms with van der Waals surface area (Å²) in [6.45, 7) is 2.09. The number of rotatable bonds is 6. The van der Waals surface area contributed by atoms with Crippen LogP contribution in [0.2, 0.25) is 0 Å². The third-order valence-electron chi connectivity index (χ3n) is 3.29. The van der Waals surface area contributed by atoms with E-state index in [9.17, 15) is 4.79 Å². The Kier molecular flexibility index (Phi) is 6.36. The molecule has 0 spiro atoms. The summed E-state index contributed by atoms with van der Waals surface area (Å²) in [6.07, 6.45) is 2.56. The fourth-order valence-corrected chi connectivity index (χ4v) is 2.00.